The first kappa shape index (κ1) is 18.2. The molecule has 0 amide bonds. The van der Waals surface area contributed by atoms with Gasteiger partial charge in [-0.1, -0.05) is 48.5 Å². The fraction of sp³-hybridized carbons (Fsp3) is 0.308. The summed E-state index contributed by atoms with van der Waals surface area (Å²) in [5.41, 5.74) is -5.42. The summed E-state index contributed by atoms with van der Waals surface area (Å²) < 4.78 is 62.3. The molecule has 0 aliphatic rings. The van der Waals surface area contributed by atoms with Crippen LogP contribution < -0.4 is 0 Å². The SMILES string of the molecule is C=CC(O)C(C)C(=NOS(=O)(=O)C(F)(F)F)c1ccccc1. The molecule has 0 radical (unpaired) electrons. The zero-order valence-electron chi connectivity index (χ0n) is 11.5. The highest BCUT2D eigenvalue weighted by atomic mass is 32.2. The van der Waals surface area contributed by atoms with Crippen LogP contribution in [0.15, 0.2) is 48.1 Å². The van der Waals surface area contributed by atoms with Gasteiger partial charge < -0.3 is 5.11 Å². The molecular formula is C13H14F3NO4S. The second-order valence-electron chi connectivity index (χ2n) is 4.33. The van der Waals surface area contributed by atoms with E-state index in [0.717, 1.165) is 6.08 Å². The van der Waals surface area contributed by atoms with Crippen molar-refractivity contribution in [2.75, 3.05) is 0 Å². The average molecular weight is 337 g/mol. The summed E-state index contributed by atoms with van der Waals surface area (Å²) in [5.74, 6) is -0.830. The summed E-state index contributed by atoms with van der Waals surface area (Å²) in [6, 6.07) is 7.80. The lowest BCUT2D eigenvalue weighted by Gasteiger charge is -2.18. The van der Waals surface area contributed by atoms with Gasteiger partial charge in [-0.05, 0) is 5.56 Å². The maximum Gasteiger partial charge on any atom is 0.536 e. The highest BCUT2D eigenvalue weighted by Gasteiger charge is 2.49. The molecule has 1 aromatic carbocycles. The lowest BCUT2D eigenvalue weighted by Crippen LogP contribution is -2.28. The summed E-state index contributed by atoms with van der Waals surface area (Å²) in [6.45, 7) is 4.81. The maximum atomic E-state index is 12.3. The number of aliphatic hydroxyl groups is 1. The molecule has 0 spiro atoms. The minimum atomic E-state index is -5.86. The fourth-order valence-corrected chi connectivity index (χ4v) is 1.77. The zero-order chi connectivity index (χ0) is 17.0. The standard InChI is InChI=1S/C13H14F3NO4S/c1-3-11(18)9(2)12(10-7-5-4-6-8-10)17-21-22(19,20)13(14,15)16/h3-9,11,18H,1H2,2H3. The molecule has 0 aromatic heterocycles. The Morgan fingerprint density at radius 2 is 1.91 bits per heavy atom. The van der Waals surface area contributed by atoms with E-state index in [1.165, 1.54) is 19.1 Å². The van der Waals surface area contributed by atoms with Crippen LogP contribution >= 0.6 is 0 Å². The number of halogens is 3. The quantitative estimate of drug-likeness (QED) is 0.374. The molecule has 0 fully saturated rings. The van der Waals surface area contributed by atoms with E-state index in [9.17, 15) is 26.7 Å². The first-order valence-electron chi connectivity index (χ1n) is 6.04. The molecule has 0 heterocycles. The van der Waals surface area contributed by atoms with E-state index < -0.39 is 27.6 Å². The number of hydrogen-bond donors (Lipinski definition) is 1. The van der Waals surface area contributed by atoms with Crippen LogP contribution in [0.5, 0.6) is 0 Å². The third kappa shape index (κ3) is 4.31. The Morgan fingerprint density at radius 1 is 1.36 bits per heavy atom. The van der Waals surface area contributed by atoms with Gasteiger partial charge in [-0.25, -0.2) is 0 Å². The molecule has 9 heteroatoms. The number of alkyl halides is 3. The van der Waals surface area contributed by atoms with Crippen LogP contribution in [0.3, 0.4) is 0 Å². The number of aliphatic hydroxyl groups excluding tert-OH is 1. The van der Waals surface area contributed by atoms with E-state index in [-0.39, 0.29) is 5.71 Å². The topological polar surface area (TPSA) is 76.0 Å². The molecule has 1 rings (SSSR count). The van der Waals surface area contributed by atoms with E-state index in [2.05, 4.69) is 16.0 Å². The summed E-state index contributed by atoms with van der Waals surface area (Å²) in [6.07, 6.45) is 0.0117. The van der Waals surface area contributed by atoms with Gasteiger partial charge in [-0.3, -0.25) is 4.28 Å². The van der Waals surface area contributed by atoms with Crippen LogP contribution in [0, 0.1) is 5.92 Å². The van der Waals surface area contributed by atoms with E-state index in [0.29, 0.717) is 5.56 Å². The van der Waals surface area contributed by atoms with Crippen molar-refractivity contribution in [1.82, 2.24) is 0 Å². The molecule has 1 aromatic rings. The normalized spacial score (nSPS) is 16.0. The van der Waals surface area contributed by atoms with Crippen LogP contribution in [-0.2, 0) is 14.4 Å². The van der Waals surface area contributed by atoms with E-state index in [4.69, 9.17) is 0 Å². The van der Waals surface area contributed by atoms with Gasteiger partial charge in [0.15, 0.2) is 0 Å². The molecule has 0 aliphatic heterocycles. The Labute approximate surface area is 125 Å². The molecular weight excluding hydrogens is 323 g/mol. The van der Waals surface area contributed by atoms with Crippen molar-refractivity contribution < 1.29 is 31.0 Å². The molecule has 0 bridgehead atoms. The zero-order valence-corrected chi connectivity index (χ0v) is 12.3. The first-order chi connectivity index (χ1) is 10.1. The highest BCUT2D eigenvalue weighted by molar-refractivity contribution is 7.87. The van der Waals surface area contributed by atoms with Gasteiger partial charge in [-0.15, -0.1) is 6.58 Å². The van der Waals surface area contributed by atoms with Gasteiger partial charge in [0.2, 0.25) is 0 Å². The fourth-order valence-electron chi connectivity index (χ4n) is 1.50. The minimum absolute atomic E-state index is 0.152. The Morgan fingerprint density at radius 3 is 2.36 bits per heavy atom. The summed E-state index contributed by atoms with van der Waals surface area (Å²) in [7, 11) is -5.86. The van der Waals surface area contributed by atoms with Crippen LogP contribution in [0.2, 0.25) is 0 Å². The van der Waals surface area contributed by atoms with Gasteiger partial charge in [0.25, 0.3) is 0 Å². The molecule has 2 unspecified atom stereocenters. The summed E-state index contributed by atoms with van der Waals surface area (Å²) in [5, 5.41) is 12.8. The first-order valence-corrected chi connectivity index (χ1v) is 7.45. The average Bonchev–Trinajstić information content (AvgIpc) is 2.46. The Balaban J connectivity index is 3.22. The predicted octanol–water partition coefficient (Wildman–Crippen LogP) is 2.44. The maximum absolute atomic E-state index is 12.3. The second kappa shape index (κ2) is 6.93. The van der Waals surface area contributed by atoms with E-state index >= 15 is 0 Å². The van der Waals surface area contributed by atoms with Crippen LogP contribution in [0.4, 0.5) is 13.2 Å². The Hall–Kier alpha value is -1.87. The molecule has 1 N–H and O–H groups in total. The molecule has 0 aliphatic carbocycles. The second-order valence-corrected chi connectivity index (χ2v) is 5.85. The number of benzene rings is 1. The van der Waals surface area contributed by atoms with Crippen LogP contribution in [0.25, 0.3) is 0 Å². The van der Waals surface area contributed by atoms with E-state index in [1.54, 1.807) is 18.2 Å². The van der Waals surface area contributed by atoms with Crippen molar-refractivity contribution in [3.8, 4) is 0 Å². The smallest absolute Gasteiger partial charge is 0.388 e. The van der Waals surface area contributed by atoms with Crippen LogP contribution in [0.1, 0.15) is 12.5 Å². The summed E-state index contributed by atoms with van der Waals surface area (Å²) >= 11 is 0. The predicted molar refractivity (Wildman–Crippen MR) is 74.4 cm³/mol. The van der Waals surface area contributed by atoms with Crippen molar-refractivity contribution in [1.29, 1.82) is 0 Å². The highest BCUT2D eigenvalue weighted by Crippen LogP contribution is 2.25. The third-order valence-electron chi connectivity index (χ3n) is 2.77. The van der Waals surface area contributed by atoms with Crippen molar-refractivity contribution in [2.45, 2.75) is 18.5 Å². The van der Waals surface area contributed by atoms with Gasteiger partial charge >= 0.3 is 15.6 Å². The molecule has 2 atom stereocenters. The van der Waals surface area contributed by atoms with Crippen LogP contribution in [-0.4, -0.2) is 30.8 Å². The van der Waals surface area contributed by atoms with Crippen molar-refractivity contribution in [3.05, 3.63) is 48.6 Å². The largest absolute Gasteiger partial charge is 0.536 e. The van der Waals surface area contributed by atoms with Crippen molar-refractivity contribution in [2.24, 2.45) is 11.1 Å². The van der Waals surface area contributed by atoms with Gasteiger partial charge in [0.05, 0.1) is 11.8 Å². The van der Waals surface area contributed by atoms with Crippen molar-refractivity contribution >= 4 is 15.8 Å². The summed E-state index contributed by atoms with van der Waals surface area (Å²) in [4.78, 5) is 0. The monoisotopic (exact) mass is 337 g/mol. The number of hydrogen-bond acceptors (Lipinski definition) is 5. The van der Waals surface area contributed by atoms with E-state index in [1.807, 2.05) is 0 Å². The molecule has 22 heavy (non-hydrogen) atoms. The Bertz CT molecular complexity index is 641. The Kier molecular flexibility index (Phi) is 5.72. The number of nitrogens with zero attached hydrogens (tertiary/aromatic N) is 1. The lowest BCUT2D eigenvalue weighted by molar-refractivity contribution is -0.0541. The lowest BCUT2D eigenvalue weighted by atomic mass is 9.93. The molecule has 0 saturated carbocycles. The molecule has 5 nitrogen and oxygen atoms in total. The van der Waals surface area contributed by atoms with Gasteiger partial charge in [0.1, 0.15) is 0 Å². The minimum Gasteiger partial charge on any atom is -0.388 e. The van der Waals surface area contributed by atoms with Gasteiger partial charge in [-0.2, -0.15) is 21.6 Å². The van der Waals surface area contributed by atoms with Gasteiger partial charge in [0, 0.05) is 5.92 Å². The third-order valence-corrected chi connectivity index (χ3v) is 3.61. The number of oxime groups is 1. The van der Waals surface area contributed by atoms with Crippen molar-refractivity contribution in [3.63, 3.8) is 0 Å². The number of rotatable bonds is 6. The molecule has 122 valence electrons. The molecule has 0 saturated heterocycles.